The number of amides is 1. The number of nitrogens with one attached hydrogen (secondary N) is 1. The number of hydrogen-bond acceptors (Lipinski definition) is 7. The zero-order chi connectivity index (χ0) is 23.6. The highest BCUT2D eigenvalue weighted by molar-refractivity contribution is 7.17. The van der Waals surface area contributed by atoms with Crippen molar-refractivity contribution in [3.8, 4) is 10.6 Å². The van der Waals surface area contributed by atoms with E-state index in [1.807, 2.05) is 6.92 Å². The average molecular weight is 475 g/mol. The molecule has 0 fully saturated rings. The highest BCUT2D eigenvalue weighted by Gasteiger charge is 2.25. The number of benzene rings is 1. The van der Waals surface area contributed by atoms with Gasteiger partial charge < -0.3 is 10.1 Å². The summed E-state index contributed by atoms with van der Waals surface area (Å²) in [6, 6.07) is 6.29. The van der Waals surface area contributed by atoms with Crippen molar-refractivity contribution in [2.75, 3.05) is 7.11 Å². The number of hydrogen-bond donors (Lipinski definition) is 1. The average Bonchev–Trinajstić information content (AvgIpc) is 3.13. The van der Waals surface area contributed by atoms with Gasteiger partial charge in [-0.25, -0.2) is 9.67 Å². The van der Waals surface area contributed by atoms with Crippen molar-refractivity contribution >= 4 is 34.8 Å². The van der Waals surface area contributed by atoms with E-state index in [0.717, 1.165) is 11.3 Å². The molecule has 1 unspecified atom stereocenters. The van der Waals surface area contributed by atoms with Gasteiger partial charge in [-0.1, -0.05) is 29.8 Å². The molecular weight excluding hydrogens is 452 g/mol. The van der Waals surface area contributed by atoms with E-state index in [0.29, 0.717) is 43.0 Å². The number of nitrogens with zero attached hydrogens (tertiary/aromatic N) is 3. The molecule has 0 aliphatic rings. The van der Waals surface area contributed by atoms with Crippen LogP contribution >= 0.6 is 22.9 Å². The van der Waals surface area contributed by atoms with Crippen LogP contribution in [-0.4, -0.2) is 33.8 Å². The van der Waals surface area contributed by atoms with Crippen LogP contribution in [0.15, 0.2) is 29.1 Å². The van der Waals surface area contributed by atoms with Gasteiger partial charge in [0.15, 0.2) is 0 Å². The topological polar surface area (TPSA) is 103 Å². The molecule has 0 radical (unpaired) electrons. The number of methoxy groups -OCH3 is 1. The molecule has 0 bridgehead atoms. The lowest BCUT2D eigenvalue weighted by Gasteiger charge is -2.19. The van der Waals surface area contributed by atoms with Gasteiger partial charge in [0.25, 0.3) is 11.5 Å². The van der Waals surface area contributed by atoms with E-state index in [1.54, 1.807) is 45.2 Å². The molecule has 3 aromatic rings. The van der Waals surface area contributed by atoms with Gasteiger partial charge in [-0.2, -0.15) is 5.10 Å². The van der Waals surface area contributed by atoms with E-state index in [1.165, 1.54) is 11.8 Å². The first-order valence-electron chi connectivity index (χ1n) is 9.78. The number of carbonyl (C=O) groups excluding carboxylic acids is 2. The molecule has 0 spiro atoms. The molecule has 0 saturated carbocycles. The normalized spacial score (nSPS) is 11.8. The molecule has 0 aliphatic carbocycles. The smallest absolute Gasteiger partial charge is 0.307 e. The second-order valence-electron chi connectivity index (χ2n) is 7.28. The first-order chi connectivity index (χ1) is 15.1. The largest absolute Gasteiger partial charge is 0.469 e. The molecule has 1 aromatic carbocycles. The Bertz CT molecular complexity index is 1250. The maximum atomic E-state index is 13.1. The third-order valence-electron chi connectivity index (χ3n) is 5.13. The predicted octanol–water partition coefficient (Wildman–Crippen LogP) is 3.52. The minimum Gasteiger partial charge on any atom is -0.469 e. The number of aromatic nitrogens is 3. The van der Waals surface area contributed by atoms with Crippen molar-refractivity contribution in [2.45, 2.75) is 33.2 Å². The summed E-state index contributed by atoms with van der Waals surface area (Å²) < 4.78 is 6.04. The number of carbonyl (C=O) groups is 2. The first kappa shape index (κ1) is 23.6. The Morgan fingerprint density at radius 1 is 1.22 bits per heavy atom. The van der Waals surface area contributed by atoms with E-state index in [9.17, 15) is 14.4 Å². The maximum absolute atomic E-state index is 13.1. The molecule has 1 amide bonds. The molecule has 1 N–H and O–H groups in total. The lowest BCUT2D eigenvalue weighted by molar-refractivity contribution is -0.141. The lowest BCUT2D eigenvalue weighted by atomic mass is 10.0. The fourth-order valence-corrected chi connectivity index (χ4v) is 4.62. The maximum Gasteiger partial charge on any atom is 0.307 e. The quantitative estimate of drug-likeness (QED) is 0.548. The number of thiazole rings is 1. The summed E-state index contributed by atoms with van der Waals surface area (Å²) >= 11 is 7.42. The predicted molar refractivity (Wildman–Crippen MR) is 123 cm³/mol. The molecule has 32 heavy (non-hydrogen) atoms. The molecule has 8 nitrogen and oxygen atoms in total. The number of esters is 1. The summed E-state index contributed by atoms with van der Waals surface area (Å²) in [6.07, 6.45) is -0.0835. The number of rotatable bonds is 6. The number of aryl methyl sites for hydroxylation is 3. The summed E-state index contributed by atoms with van der Waals surface area (Å²) in [5, 5.41) is 7.92. The van der Waals surface area contributed by atoms with E-state index in [4.69, 9.17) is 16.3 Å². The third kappa shape index (κ3) is 4.73. The van der Waals surface area contributed by atoms with Crippen molar-refractivity contribution in [1.82, 2.24) is 20.1 Å². The molecule has 2 heterocycles. The summed E-state index contributed by atoms with van der Waals surface area (Å²) in [5.41, 5.74) is 2.64. The van der Waals surface area contributed by atoms with E-state index in [2.05, 4.69) is 15.4 Å². The Morgan fingerprint density at radius 2 is 1.91 bits per heavy atom. The summed E-state index contributed by atoms with van der Waals surface area (Å²) in [6.45, 7) is 5.32. The second kappa shape index (κ2) is 9.62. The van der Waals surface area contributed by atoms with Gasteiger partial charge >= 0.3 is 5.97 Å². The van der Waals surface area contributed by atoms with Crippen molar-refractivity contribution in [3.05, 3.63) is 67.0 Å². The van der Waals surface area contributed by atoms with Crippen molar-refractivity contribution in [1.29, 1.82) is 0 Å². The van der Waals surface area contributed by atoms with Crippen molar-refractivity contribution in [3.63, 3.8) is 0 Å². The molecule has 168 valence electrons. The molecule has 1 atom stereocenters. The molecule has 0 aliphatic heterocycles. The Morgan fingerprint density at radius 3 is 2.56 bits per heavy atom. The number of ether oxygens (including phenoxy) is 1. The van der Waals surface area contributed by atoms with Gasteiger partial charge in [0.05, 0.1) is 36.5 Å². The molecule has 0 saturated heterocycles. The molecule has 10 heteroatoms. The standard InChI is InChI=1S/C22H23ClN4O4S/c1-11-12(2)26-27(4)22(30)18(11)21-24-13(3)19(32-21)20(29)25-16(10-17(28)31-5)14-8-6-7-9-15(14)23/h6-9,16H,10H2,1-5H3,(H,25,29). The molecule has 2 aromatic heterocycles. The third-order valence-corrected chi connectivity index (χ3v) is 6.64. The Kier molecular flexibility index (Phi) is 7.10. The SMILES string of the molecule is COC(=O)CC(NC(=O)c1sc(-c2c(C)c(C)nn(C)c2=O)nc1C)c1ccccc1Cl. The summed E-state index contributed by atoms with van der Waals surface area (Å²) in [7, 11) is 2.86. The Labute approximate surface area is 194 Å². The van der Waals surface area contributed by atoms with Crippen LogP contribution in [0.2, 0.25) is 5.02 Å². The Balaban J connectivity index is 1.98. The minimum absolute atomic E-state index is 0.0835. The van der Waals surface area contributed by atoms with Gasteiger partial charge in [-0.05, 0) is 38.0 Å². The number of halogens is 1. The zero-order valence-electron chi connectivity index (χ0n) is 18.4. The first-order valence-corrected chi connectivity index (χ1v) is 11.0. The minimum atomic E-state index is -0.689. The lowest BCUT2D eigenvalue weighted by Crippen LogP contribution is -2.30. The van der Waals surface area contributed by atoms with Gasteiger partial charge in [0.1, 0.15) is 9.88 Å². The summed E-state index contributed by atoms with van der Waals surface area (Å²) in [5.74, 6) is -0.899. The highest BCUT2D eigenvalue weighted by atomic mass is 35.5. The fraction of sp³-hybridized carbons (Fsp3) is 0.318. The van der Waals surface area contributed by atoms with Crippen LogP contribution in [0.1, 0.15) is 44.6 Å². The van der Waals surface area contributed by atoms with Crippen LogP contribution in [0, 0.1) is 20.8 Å². The van der Waals surface area contributed by atoms with Crippen LogP contribution in [0.3, 0.4) is 0 Å². The fourth-order valence-electron chi connectivity index (χ4n) is 3.28. The molecule has 3 rings (SSSR count). The molecular formula is C22H23ClN4O4S. The van der Waals surface area contributed by atoms with Gasteiger partial charge in [0, 0.05) is 12.1 Å². The van der Waals surface area contributed by atoms with Crippen LogP contribution in [0.5, 0.6) is 0 Å². The van der Waals surface area contributed by atoms with Crippen LogP contribution in [0.25, 0.3) is 10.6 Å². The van der Waals surface area contributed by atoms with Crippen molar-refractivity contribution < 1.29 is 14.3 Å². The van der Waals surface area contributed by atoms with Crippen LogP contribution in [-0.2, 0) is 16.6 Å². The van der Waals surface area contributed by atoms with Crippen LogP contribution in [0.4, 0.5) is 0 Å². The monoisotopic (exact) mass is 474 g/mol. The van der Waals surface area contributed by atoms with Crippen molar-refractivity contribution in [2.24, 2.45) is 7.05 Å². The van der Waals surface area contributed by atoms with Crippen LogP contribution < -0.4 is 10.9 Å². The Hall–Kier alpha value is -3.04. The van der Waals surface area contributed by atoms with Gasteiger partial charge in [-0.15, -0.1) is 11.3 Å². The van der Waals surface area contributed by atoms with E-state index < -0.39 is 17.9 Å². The van der Waals surface area contributed by atoms with Gasteiger partial charge in [-0.3, -0.25) is 14.4 Å². The van der Waals surface area contributed by atoms with E-state index in [-0.39, 0.29) is 12.0 Å². The van der Waals surface area contributed by atoms with Gasteiger partial charge in [0.2, 0.25) is 0 Å². The highest BCUT2D eigenvalue weighted by Crippen LogP contribution is 2.30. The van der Waals surface area contributed by atoms with E-state index >= 15 is 0 Å². The summed E-state index contributed by atoms with van der Waals surface area (Å²) in [4.78, 5) is 42.6. The second-order valence-corrected chi connectivity index (χ2v) is 8.68. The zero-order valence-corrected chi connectivity index (χ0v) is 19.9.